The van der Waals surface area contributed by atoms with Gasteiger partial charge in [0.1, 0.15) is 30.4 Å². The average molecular weight is 524 g/mol. The van der Waals surface area contributed by atoms with Crippen LogP contribution in [0.1, 0.15) is 50.3 Å². The molecule has 3 heterocycles. The van der Waals surface area contributed by atoms with E-state index in [0.29, 0.717) is 27.9 Å². The minimum Gasteiger partial charge on any atom is -0.345 e. The highest BCUT2D eigenvalue weighted by atomic mass is 19.1. The molecule has 38 heavy (non-hydrogen) atoms. The second kappa shape index (κ2) is 10.8. The number of hydrogen-bond acceptors (Lipinski definition) is 5. The number of aryl methyl sites for hydroxylation is 1. The van der Waals surface area contributed by atoms with Crippen LogP contribution in [-0.4, -0.2) is 61.8 Å². The van der Waals surface area contributed by atoms with Gasteiger partial charge in [0.2, 0.25) is 11.8 Å². The number of hydrogen-bond donors (Lipinski definition) is 1. The summed E-state index contributed by atoms with van der Waals surface area (Å²) in [5.74, 6) is -1.07. The van der Waals surface area contributed by atoms with E-state index in [-0.39, 0.29) is 25.3 Å². The van der Waals surface area contributed by atoms with E-state index >= 15 is 0 Å². The van der Waals surface area contributed by atoms with Gasteiger partial charge in [-0.2, -0.15) is 0 Å². The number of fused-ring (bicyclic) bond motifs is 1. The number of benzene rings is 1. The number of ketones is 1. The van der Waals surface area contributed by atoms with E-state index in [1.165, 1.54) is 18.7 Å². The zero-order valence-electron chi connectivity index (χ0n) is 22.1. The highest BCUT2D eigenvalue weighted by Gasteiger charge is 2.40. The molecule has 1 aliphatic rings. The van der Waals surface area contributed by atoms with Crippen LogP contribution in [0.15, 0.2) is 48.2 Å². The van der Waals surface area contributed by atoms with Crippen molar-refractivity contribution >= 4 is 28.5 Å². The van der Waals surface area contributed by atoms with E-state index in [1.807, 2.05) is 12.1 Å². The number of carbonyl (C=O) groups is 3. The molecule has 0 bridgehead atoms. The van der Waals surface area contributed by atoms with Crippen molar-refractivity contribution in [3.8, 4) is 11.1 Å². The molecule has 1 aliphatic heterocycles. The van der Waals surface area contributed by atoms with Gasteiger partial charge >= 0.3 is 0 Å². The summed E-state index contributed by atoms with van der Waals surface area (Å²) < 4.78 is 30.2. The molecule has 0 spiro atoms. The number of nitrogens with zero attached hydrogens (tertiary/aromatic N) is 4. The molecular formula is C28H31F2N5O3. The first-order chi connectivity index (χ1) is 18.0. The summed E-state index contributed by atoms with van der Waals surface area (Å²) in [6.07, 6.45) is 3.48. The van der Waals surface area contributed by atoms with Gasteiger partial charge in [-0.3, -0.25) is 14.4 Å². The number of alkyl halides is 1. The van der Waals surface area contributed by atoms with Crippen LogP contribution in [0.3, 0.4) is 0 Å². The Labute approximate surface area is 219 Å². The largest absolute Gasteiger partial charge is 0.345 e. The van der Waals surface area contributed by atoms with Gasteiger partial charge in [0.15, 0.2) is 5.78 Å². The lowest BCUT2D eigenvalue weighted by molar-refractivity contribution is -0.139. The molecular weight excluding hydrogens is 492 g/mol. The van der Waals surface area contributed by atoms with E-state index in [1.54, 1.807) is 50.0 Å². The second-order valence-corrected chi connectivity index (χ2v) is 9.95. The Hall–Kier alpha value is -3.95. The second-order valence-electron chi connectivity index (χ2n) is 9.95. The lowest BCUT2D eigenvalue weighted by atomic mass is 10.0. The summed E-state index contributed by atoms with van der Waals surface area (Å²) in [5, 5.41) is 3.21. The van der Waals surface area contributed by atoms with Gasteiger partial charge in [0.25, 0.3) is 0 Å². The number of Topliss-reactive ketones (excluding diaryl/α,β-unsaturated/α-hetero) is 1. The van der Waals surface area contributed by atoms with E-state index in [0.717, 1.165) is 11.1 Å². The Kier molecular flexibility index (Phi) is 7.71. The van der Waals surface area contributed by atoms with Gasteiger partial charge in [0, 0.05) is 47.0 Å². The lowest BCUT2D eigenvalue weighted by Crippen LogP contribution is -2.49. The highest BCUT2D eigenvalue weighted by molar-refractivity contribution is 6.08. The molecule has 3 atom stereocenters. The van der Waals surface area contributed by atoms with Crippen molar-refractivity contribution in [2.45, 2.75) is 65.8 Å². The van der Waals surface area contributed by atoms with E-state index < -0.39 is 35.9 Å². The molecule has 0 unspecified atom stereocenters. The number of carbonyl (C=O) groups excluding carboxylic acids is 3. The smallest absolute Gasteiger partial charge is 0.243 e. The van der Waals surface area contributed by atoms with E-state index in [9.17, 15) is 23.2 Å². The summed E-state index contributed by atoms with van der Waals surface area (Å²) >= 11 is 0. The van der Waals surface area contributed by atoms with Crippen LogP contribution in [-0.2, 0) is 16.1 Å². The Morgan fingerprint density at radius 2 is 1.82 bits per heavy atom. The molecule has 10 heteroatoms. The van der Waals surface area contributed by atoms with Gasteiger partial charge in [-0.05, 0) is 57.9 Å². The molecule has 2 amide bonds. The number of rotatable bonds is 7. The molecule has 2 aromatic heterocycles. The average Bonchev–Trinajstić information content (AvgIpc) is 3.44. The quantitative estimate of drug-likeness (QED) is 0.466. The third-order valence-corrected chi connectivity index (χ3v) is 6.77. The molecule has 8 nitrogen and oxygen atoms in total. The maximum absolute atomic E-state index is 14.4. The van der Waals surface area contributed by atoms with Crippen LogP contribution in [0.25, 0.3) is 22.0 Å². The SMILES string of the molecule is CC(=O)c1cn(CC(=O)N2C[C@H](F)C[C@H]2C(=O)N[C@@H](C)C(F)=C(C)C)c2ccc(-c3cnc(C)nc3)cc12. The van der Waals surface area contributed by atoms with E-state index in [2.05, 4.69) is 15.3 Å². The van der Waals surface area contributed by atoms with Crippen molar-refractivity contribution in [2.24, 2.45) is 0 Å². The number of amides is 2. The van der Waals surface area contributed by atoms with Crippen LogP contribution in [0, 0.1) is 6.92 Å². The van der Waals surface area contributed by atoms with Crippen LogP contribution in [0.5, 0.6) is 0 Å². The summed E-state index contributed by atoms with van der Waals surface area (Å²) in [5.41, 5.74) is 3.12. The Balaban J connectivity index is 1.60. The predicted molar refractivity (Wildman–Crippen MR) is 140 cm³/mol. The van der Waals surface area contributed by atoms with Crippen molar-refractivity contribution in [3.63, 3.8) is 0 Å². The zero-order chi connectivity index (χ0) is 27.7. The molecule has 4 rings (SSSR count). The monoisotopic (exact) mass is 523 g/mol. The summed E-state index contributed by atoms with van der Waals surface area (Å²) in [6.45, 7) is 7.51. The summed E-state index contributed by atoms with van der Waals surface area (Å²) in [4.78, 5) is 48.3. The minimum absolute atomic E-state index is 0.159. The van der Waals surface area contributed by atoms with Crippen molar-refractivity contribution in [1.82, 2.24) is 24.8 Å². The third kappa shape index (κ3) is 5.49. The van der Waals surface area contributed by atoms with Crippen molar-refractivity contribution < 1.29 is 23.2 Å². The third-order valence-electron chi connectivity index (χ3n) is 6.77. The van der Waals surface area contributed by atoms with Gasteiger partial charge in [0.05, 0.1) is 12.6 Å². The topological polar surface area (TPSA) is 97.2 Å². The van der Waals surface area contributed by atoms with Gasteiger partial charge in [-0.15, -0.1) is 0 Å². The molecule has 3 aromatic rings. The van der Waals surface area contributed by atoms with Crippen LogP contribution < -0.4 is 5.32 Å². The van der Waals surface area contributed by atoms with Crippen LogP contribution >= 0.6 is 0 Å². The Morgan fingerprint density at radius 1 is 1.13 bits per heavy atom. The lowest BCUT2D eigenvalue weighted by Gasteiger charge is -2.25. The number of allylic oxidation sites excluding steroid dienone is 1. The van der Waals surface area contributed by atoms with Gasteiger partial charge < -0.3 is 14.8 Å². The molecule has 1 N–H and O–H groups in total. The fourth-order valence-corrected chi connectivity index (χ4v) is 4.78. The Morgan fingerprint density at radius 3 is 2.45 bits per heavy atom. The molecule has 1 fully saturated rings. The fourth-order valence-electron chi connectivity index (χ4n) is 4.78. The van der Waals surface area contributed by atoms with Crippen molar-refractivity contribution in [3.05, 3.63) is 59.6 Å². The van der Waals surface area contributed by atoms with Gasteiger partial charge in [-0.1, -0.05) is 6.07 Å². The standard InChI is InChI=1S/C28H31F2N5O3/c1-15(2)27(30)16(3)33-28(38)25-9-21(29)12-35(25)26(37)14-34-13-23(17(4)36)22-8-19(6-7-24(22)34)20-10-31-18(5)32-11-20/h6-8,10-11,13,16,21,25H,9,12,14H2,1-5H3,(H,33,38)/t16-,21+,25-/m0/s1. The van der Waals surface area contributed by atoms with Gasteiger partial charge in [-0.25, -0.2) is 18.7 Å². The first-order valence-corrected chi connectivity index (χ1v) is 12.5. The van der Waals surface area contributed by atoms with E-state index in [4.69, 9.17) is 0 Å². The number of halogens is 2. The first kappa shape index (κ1) is 27.1. The molecule has 0 aliphatic carbocycles. The molecule has 200 valence electrons. The normalized spacial score (nSPS) is 17.9. The number of nitrogens with one attached hydrogen (secondary N) is 1. The first-order valence-electron chi connectivity index (χ1n) is 12.5. The van der Waals surface area contributed by atoms with Crippen LogP contribution in [0.2, 0.25) is 0 Å². The zero-order valence-corrected chi connectivity index (χ0v) is 22.1. The highest BCUT2D eigenvalue weighted by Crippen LogP contribution is 2.29. The summed E-state index contributed by atoms with van der Waals surface area (Å²) in [6, 6.07) is 3.57. The maximum atomic E-state index is 14.4. The Bertz CT molecular complexity index is 1430. The minimum atomic E-state index is -1.37. The fraction of sp³-hybridized carbons (Fsp3) is 0.393. The van der Waals surface area contributed by atoms with Crippen molar-refractivity contribution in [2.75, 3.05) is 6.54 Å². The molecule has 1 aromatic carbocycles. The molecule has 1 saturated heterocycles. The molecule has 0 radical (unpaired) electrons. The summed E-state index contributed by atoms with van der Waals surface area (Å²) in [7, 11) is 0. The number of likely N-dealkylation sites (tertiary alicyclic amines) is 1. The molecule has 0 saturated carbocycles. The van der Waals surface area contributed by atoms with Crippen molar-refractivity contribution in [1.29, 1.82) is 0 Å². The predicted octanol–water partition coefficient (Wildman–Crippen LogP) is 4.32. The number of aromatic nitrogens is 3. The van der Waals surface area contributed by atoms with Crippen LogP contribution in [0.4, 0.5) is 8.78 Å². The maximum Gasteiger partial charge on any atom is 0.243 e.